The summed E-state index contributed by atoms with van der Waals surface area (Å²) < 4.78 is 5.17. The van der Waals surface area contributed by atoms with E-state index in [1.54, 1.807) is 13.2 Å². The molecule has 1 aliphatic rings. The van der Waals surface area contributed by atoms with Crippen LogP contribution in [0.15, 0.2) is 18.2 Å². The summed E-state index contributed by atoms with van der Waals surface area (Å²) in [4.78, 5) is 12.8. The van der Waals surface area contributed by atoms with Crippen LogP contribution in [0, 0.1) is 16.0 Å². The second kappa shape index (κ2) is 6.65. The summed E-state index contributed by atoms with van der Waals surface area (Å²) in [6.07, 6.45) is 1.09. The number of nitrogens with zero attached hydrogens (tertiary/aromatic N) is 2. The Hall–Kier alpha value is -1.70. The molecule has 20 heavy (non-hydrogen) atoms. The van der Waals surface area contributed by atoms with E-state index in [0.717, 1.165) is 31.7 Å². The van der Waals surface area contributed by atoms with Crippen molar-refractivity contribution in [1.82, 2.24) is 4.90 Å². The van der Waals surface area contributed by atoms with Crippen LogP contribution < -0.4 is 11.3 Å². The number of nitrogen functional groups attached to an aromatic ring is 1. The van der Waals surface area contributed by atoms with Crippen LogP contribution in [0.4, 0.5) is 11.4 Å². The Balaban J connectivity index is 2.10. The lowest BCUT2D eigenvalue weighted by atomic mass is 10.1. The van der Waals surface area contributed by atoms with Crippen molar-refractivity contribution >= 4 is 11.4 Å². The maximum atomic E-state index is 11.0. The van der Waals surface area contributed by atoms with Gasteiger partial charge in [0.2, 0.25) is 0 Å². The van der Waals surface area contributed by atoms with E-state index >= 15 is 0 Å². The molecule has 7 nitrogen and oxygen atoms in total. The van der Waals surface area contributed by atoms with Gasteiger partial charge >= 0.3 is 0 Å². The third-order valence-corrected chi connectivity index (χ3v) is 3.64. The van der Waals surface area contributed by atoms with E-state index in [0.29, 0.717) is 18.2 Å². The van der Waals surface area contributed by atoms with Crippen LogP contribution in [-0.2, 0) is 11.3 Å². The number of methoxy groups -OCH3 is 1. The van der Waals surface area contributed by atoms with Crippen LogP contribution in [0.2, 0.25) is 0 Å². The summed E-state index contributed by atoms with van der Waals surface area (Å²) in [5, 5.41) is 11.0. The highest BCUT2D eigenvalue weighted by Gasteiger charge is 2.24. The van der Waals surface area contributed by atoms with Crippen molar-refractivity contribution in [3.63, 3.8) is 0 Å². The maximum Gasteiger partial charge on any atom is 0.293 e. The highest BCUT2D eigenvalue weighted by Crippen LogP contribution is 2.29. The number of anilines is 1. The number of ether oxygens (including phenoxy) is 1. The molecule has 1 aromatic carbocycles. The summed E-state index contributed by atoms with van der Waals surface area (Å²) in [7, 11) is 1.71. The van der Waals surface area contributed by atoms with Gasteiger partial charge in [0.05, 0.1) is 11.5 Å². The molecule has 1 heterocycles. The molecule has 0 amide bonds. The van der Waals surface area contributed by atoms with Gasteiger partial charge in [-0.15, -0.1) is 0 Å². The average molecular weight is 280 g/mol. The summed E-state index contributed by atoms with van der Waals surface area (Å²) >= 11 is 0. The number of likely N-dealkylation sites (tertiary alicyclic amines) is 1. The standard InChI is InChI=1S/C13H20N4O3/c1-20-9-10-5-6-16(7-10)8-11-3-2-4-12(17(18)19)13(11)15-14/h2-4,10,15H,5-9,14H2,1H3. The Kier molecular flexibility index (Phi) is 4.89. The van der Waals surface area contributed by atoms with E-state index < -0.39 is 4.92 Å². The highest BCUT2D eigenvalue weighted by molar-refractivity contribution is 5.65. The molecule has 3 N–H and O–H groups in total. The van der Waals surface area contributed by atoms with Crippen LogP contribution in [0.5, 0.6) is 0 Å². The molecule has 0 aromatic heterocycles. The molecule has 2 rings (SSSR count). The van der Waals surface area contributed by atoms with Crippen molar-refractivity contribution in [2.24, 2.45) is 11.8 Å². The third-order valence-electron chi connectivity index (χ3n) is 3.64. The smallest absolute Gasteiger partial charge is 0.293 e. The van der Waals surface area contributed by atoms with Gasteiger partial charge in [-0.1, -0.05) is 12.1 Å². The number of nitrogens with one attached hydrogen (secondary N) is 1. The molecule has 1 atom stereocenters. The molecule has 0 saturated carbocycles. The first kappa shape index (κ1) is 14.7. The fourth-order valence-corrected chi connectivity index (χ4v) is 2.71. The second-order valence-corrected chi connectivity index (χ2v) is 5.06. The van der Waals surface area contributed by atoms with Crippen molar-refractivity contribution < 1.29 is 9.66 Å². The molecular weight excluding hydrogens is 260 g/mol. The Morgan fingerprint density at radius 3 is 3.05 bits per heavy atom. The fourth-order valence-electron chi connectivity index (χ4n) is 2.71. The predicted molar refractivity (Wildman–Crippen MR) is 76.2 cm³/mol. The van der Waals surface area contributed by atoms with Crippen LogP contribution in [0.25, 0.3) is 0 Å². The lowest BCUT2D eigenvalue weighted by molar-refractivity contribution is -0.384. The van der Waals surface area contributed by atoms with E-state index in [4.69, 9.17) is 10.6 Å². The lowest BCUT2D eigenvalue weighted by Gasteiger charge is -2.18. The molecule has 110 valence electrons. The third kappa shape index (κ3) is 3.24. The van der Waals surface area contributed by atoms with Crippen molar-refractivity contribution in [1.29, 1.82) is 0 Å². The van der Waals surface area contributed by atoms with Gasteiger partial charge in [-0.2, -0.15) is 0 Å². The number of nitrogens with two attached hydrogens (primary N) is 1. The lowest BCUT2D eigenvalue weighted by Crippen LogP contribution is -2.23. The molecule has 0 radical (unpaired) electrons. The molecule has 0 aliphatic carbocycles. The zero-order valence-corrected chi connectivity index (χ0v) is 11.5. The number of hydrazine groups is 1. The molecule has 1 unspecified atom stereocenters. The van der Waals surface area contributed by atoms with Gasteiger partial charge in [-0.25, -0.2) is 0 Å². The largest absolute Gasteiger partial charge is 0.384 e. The molecule has 1 saturated heterocycles. The van der Waals surface area contributed by atoms with Gasteiger partial charge < -0.3 is 10.2 Å². The average Bonchev–Trinajstić information content (AvgIpc) is 2.86. The van der Waals surface area contributed by atoms with Crippen LogP contribution in [0.3, 0.4) is 0 Å². The van der Waals surface area contributed by atoms with Gasteiger partial charge in [0.15, 0.2) is 0 Å². The minimum absolute atomic E-state index is 0.0117. The van der Waals surface area contributed by atoms with Crippen LogP contribution in [0.1, 0.15) is 12.0 Å². The van der Waals surface area contributed by atoms with E-state index in [2.05, 4.69) is 10.3 Å². The van der Waals surface area contributed by atoms with Gasteiger partial charge in [0.25, 0.3) is 5.69 Å². The van der Waals surface area contributed by atoms with Gasteiger partial charge in [0, 0.05) is 26.3 Å². The quantitative estimate of drug-likeness (QED) is 0.464. The zero-order valence-electron chi connectivity index (χ0n) is 11.5. The van der Waals surface area contributed by atoms with E-state index in [9.17, 15) is 10.1 Å². The van der Waals surface area contributed by atoms with E-state index in [-0.39, 0.29) is 5.69 Å². The number of rotatable bonds is 6. The molecule has 1 aliphatic heterocycles. The minimum Gasteiger partial charge on any atom is -0.384 e. The SMILES string of the molecule is COCC1CCN(Cc2cccc([N+](=O)[O-])c2NN)C1. The Bertz CT molecular complexity index is 481. The van der Waals surface area contributed by atoms with Gasteiger partial charge in [-0.3, -0.25) is 20.9 Å². The number of hydrogen-bond acceptors (Lipinski definition) is 6. The summed E-state index contributed by atoms with van der Waals surface area (Å²) in [5.74, 6) is 5.98. The highest BCUT2D eigenvalue weighted by atomic mass is 16.6. The zero-order chi connectivity index (χ0) is 14.5. The number of benzene rings is 1. The van der Waals surface area contributed by atoms with Crippen LogP contribution >= 0.6 is 0 Å². The van der Waals surface area contributed by atoms with E-state index in [1.807, 2.05) is 6.07 Å². The molecule has 0 spiro atoms. The maximum absolute atomic E-state index is 11.0. The molecule has 0 bridgehead atoms. The monoisotopic (exact) mass is 280 g/mol. The summed E-state index contributed by atoms with van der Waals surface area (Å²) in [6.45, 7) is 3.33. The summed E-state index contributed by atoms with van der Waals surface area (Å²) in [5.41, 5.74) is 3.72. The van der Waals surface area contributed by atoms with Crippen molar-refractivity contribution in [2.75, 3.05) is 32.2 Å². The number of hydrogen-bond donors (Lipinski definition) is 2. The van der Waals surface area contributed by atoms with Gasteiger partial charge in [0.1, 0.15) is 5.69 Å². The number of nitro benzene ring substituents is 1. The molecule has 7 heteroatoms. The van der Waals surface area contributed by atoms with E-state index in [1.165, 1.54) is 6.07 Å². The number of para-hydroxylation sites is 1. The molecule has 1 fully saturated rings. The van der Waals surface area contributed by atoms with Crippen molar-refractivity contribution in [3.05, 3.63) is 33.9 Å². The first-order valence-electron chi connectivity index (χ1n) is 6.60. The fraction of sp³-hybridized carbons (Fsp3) is 0.538. The normalized spacial score (nSPS) is 19.2. The summed E-state index contributed by atoms with van der Waals surface area (Å²) in [6, 6.07) is 5.01. The number of nitro groups is 1. The first-order valence-corrected chi connectivity index (χ1v) is 6.60. The first-order chi connectivity index (χ1) is 9.65. The van der Waals surface area contributed by atoms with Crippen molar-refractivity contribution in [3.8, 4) is 0 Å². The van der Waals surface area contributed by atoms with Crippen molar-refractivity contribution in [2.45, 2.75) is 13.0 Å². The topological polar surface area (TPSA) is 93.7 Å². The van der Waals surface area contributed by atoms with Crippen LogP contribution in [-0.4, -0.2) is 36.6 Å². The Morgan fingerprint density at radius 2 is 2.40 bits per heavy atom. The second-order valence-electron chi connectivity index (χ2n) is 5.06. The Labute approximate surface area is 117 Å². The van der Waals surface area contributed by atoms with Gasteiger partial charge in [-0.05, 0) is 24.4 Å². The Morgan fingerprint density at radius 1 is 1.60 bits per heavy atom. The minimum atomic E-state index is -0.420. The molecular formula is C13H20N4O3. The predicted octanol–water partition coefficient (Wildman–Crippen LogP) is 1.35. The molecule has 1 aromatic rings.